The highest BCUT2D eigenvalue weighted by Gasteiger charge is 2.24. The van der Waals surface area contributed by atoms with E-state index >= 15 is 0 Å². The van der Waals surface area contributed by atoms with Crippen LogP contribution in [-0.2, 0) is 14.3 Å². The summed E-state index contributed by atoms with van der Waals surface area (Å²) >= 11 is 0. The lowest BCUT2D eigenvalue weighted by Crippen LogP contribution is -2.46. The van der Waals surface area contributed by atoms with E-state index in [0.29, 0.717) is 25.7 Å². The third-order valence-electron chi connectivity index (χ3n) is 10.7. The molecule has 3 N–H and O–H groups in total. The van der Waals surface area contributed by atoms with Gasteiger partial charge in [-0.3, -0.25) is 9.59 Å². The van der Waals surface area contributed by atoms with Crippen LogP contribution in [0.15, 0.2) is 85.1 Å². The Labute approximate surface area is 370 Å². The second-order valence-corrected chi connectivity index (χ2v) is 16.5. The number of esters is 1. The van der Waals surface area contributed by atoms with Gasteiger partial charge in [0.05, 0.1) is 25.2 Å². The molecule has 3 atom stereocenters. The molecular formula is C54H93NO5. The Morgan fingerprint density at radius 3 is 1.30 bits per heavy atom. The minimum Gasteiger partial charge on any atom is -0.462 e. The Kier molecular flexibility index (Phi) is 44.8. The predicted octanol–water partition coefficient (Wildman–Crippen LogP) is 14.8. The Hall–Kier alpha value is -2.96. The van der Waals surface area contributed by atoms with E-state index in [2.05, 4.69) is 111 Å². The summed E-state index contributed by atoms with van der Waals surface area (Å²) < 4.78 is 5.87. The second kappa shape index (κ2) is 47.1. The Morgan fingerprint density at radius 1 is 0.483 bits per heavy atom. The highest BCUT2D eigenvalue weighted by molar-refractivity contribution is 5.77. The molecule has 0 rings (SSSR count). The zero-order chi connectivity index (χ0) is 43.8. The molecule has 0 aliphatic heterocycles. The number of hydrogen-bond acceptors (Lipinski definition) is 5. The van der Waals surface area contributed by atoms with Crippen LogP contribution in [0.2, 0.25) is 0 Å². The van der Waals surface area contributed by atoms with Gasteiger partial charge in [-0.05, 0) is 103 Å². The monoisotopic (exact) mass is 836 g/mol. The van der Waals surface area contributed by atoms with Crippen LogP contribution in [0.25, 0.3) is 0 Å². The number of aliphatic hydroxyl groups excluding tert-OH is 2. The van der Waals surface area contributed by atoms with E-state index < -0.39 is 18.2 Å². The third-order valence-corrected chi connectivity index (χ3v) is 10.7. The summed E-state index contributed by atoms with van der Waals surface area (Å²) in [5, 5.41) is 23.6. The molecule has 6 nitrogen and oxygen atoms in total. The fraction of sp³-hybridized carbons (Fsp3) is 0.704. The summed E-state index contributed by atoms with van der Waals surface area (Å²) in [5.74, 6) is -0.586. The fourth-order valence-corrected chi connectivity index (χ4v) is 6.90. The molecule has 0 saturated heterocycles. The van der Waals surface area contributed by atoms with Gasteiger partial charge in [0, 0.05) is 6.42 Å². The van der Waals surface area contributed by atoms with Gasteiger partial charge in [0.15, 0.2) is 0 Å². The van der Waals surface area contributed by atoms with E-state index in [-0.39, 0.29) is 24.9 Å². The number of nitrogens with one attached hydrogen (secondary N) is 1. The predicted molar refractivity (Wildman–Crippen MR) is 259 cm³/mol. The van der Waals surface area contributed by atoms with Crippen LogP contribution < -0.4 is 5.32 Å². The summed E-state index contributed by atoms with van der Waals surface area (Å²) in [5.41, 5.74) is 0. The molecule has 60 heavy (non-hydrogen) atoms. The topological polar surface area (TPSA) is 95.9 Å². The maximum atomic E-state index is 13.2. The molecule has 0 spiro atoms. The van der Waals surface area contributed by atoms with Gasteiger partial charge < -0.3 is 20.3 Å². The number of amides is 1. The molecule has 0 aromatic heterocycles. The SMILES string of the molecule is CCCCC/C=C\C/C=C\C/C=C\C/C=C\CCCC(=O)OC(CCCC/C=C\C/C=C\C/C=C\CCCCC)CC(=O)NC(CO)C(O)CCCCCCCCCCC. The molecule has 0 fully saturated rings. The normalized spacial score (nSPS) is 14.0. The van der Waals surface area contributed by atoms with E-state index in [4.69, 9.17) is 4.74 Å². The smallest absolute Gasteiger partial charge is 0.306 e. The van der Waals surface area contributed by atoms with Crippen molar-refractivity contribution in [3.05, 3.63) is 85.1 Å². The first-order chi connectivity index (χ1) is 29.5. The molecule has 0 aliphatic carbocycles. The maximum absolute atomic E-state index is 13.2. The summed E-state index contributed by atoms with van der Waals surface area (Å²) in [7, 11) is 0. The molecule has 6 heteroatoms. The van der Waals surface area contributed by atoms with Crippen molar-refractivity contribution in [2.75, 3.05) is 6.61 Å². The molecule has 344 valence electrons. The van der Waals surface area contributed by atoms with Crippen LogP contribution in [0.4, 0.5) is 0 Å². The first-order valence-corrected chi connectivity index (χ1v) is 24.8. The maximum Gasteiger partial charge on any atom is 0.306 e. The fourth-order valence-electron chi connectivity index (χ4n) is 6.90. The number of aliphatic hydroxyl groups is 2. The van der Waals surface area contributed by atoms with Crippen molar-refractivity contribution >= 4 is 11.9 Å². The zero-order valence-corrected chi connectivity index (χ0v) is 39.1. The minimum absolute atomic E-state index is 0.0256. The highest BCUT2D eigenvalue weighted by Crippen LogP contribution is 2.16. The minimum atomic E-state index is -0.809. The average Bonchev–Trinajstić information content (AvgIpc) is 3.24. The number of rotatable bonds is 43. The molecular weight excluding hydrogens is 743 g/mol. The van der Waals surface area contributed by atoms with Gasteiger partial charge in [-0.2, -0.15) is 0 Å². The number of hydrogen-bond donors (Lipinski definition) is 3. The van der Waals surface area contributed by atoms with Gasteiger partial charge in [-0.25, -0.2) is 0 Å². The van der Waals surface area contributed by atoms with Crippen molar-refractivity contribution in [3.63, 3.8) is 0 Å². The van der Waals surface area contributed by atoms with Gasteiger partial charge >= 0.3 is 5.97 Å². The Balaban J connectivity index is 4.77. The highest BCUT2D eigenvalue weighted by atomic mass is 16.5. The van der Waals surface area contributed by atoms with Crippen LogP contribution >= 0.6 is 0 Å². The molecule has 0 bridgehead atoms. The van der Waals surface area contributed by atoms with Gasteiger partial charge in [0.2, 0.25) is 5.91 Å². The van der Waals surface area contributed by atoms with E-state index in [1.807, 2.05) is 0 Å². The molecule has 0 saturated carbocycles. The number of unbranched alkanes of at least 4 members (excludes halogenated alkanes) is 17. The van der Waals surface area contributed by atoms with Crippen LogP contribution in [0.1, 0.15) is 220 Å². The summed E-state index contributed by atoms with van der Waals surface area (Å²) in [6, 6.07) is -0.727. The van der Waals surface area contributed by atoms with E-state index in [1.54, 1.807) is 0 Å². The van der Waals surface area contributed by atoms with Crippen molar-refractivity contribution < 1.29 is 24.5 Å². The molecule has 0 aliphatic rings. The van der Waals surface area contributed by atoms with Crippen LogP contribution in [0, 0.1) is 0 Å². The van der Waals surface area contributed by atoms with Crippen LogP contribution in [0.5, 0.6) is 0 Å². The third kappa shape index (κ3) is 41.8. The zero-order valence-electron chi connectivity index (χ0n) is 39.1. The molecule has 0 aromatic rings. The van der Waals surface area contributed by atoms with Crippen molar-refractivity contribution in [2.45, 2.75) is 238 Å². The Bertz CT molecular complexity index is 1160. The number of carbonyl (C=O) groups is 2. The number of carbonyl (C=O) groups excluding carboxylic acids is 2. The largest absolute Gasteiger partial charge is 0.462 e. The van der Waals surface area contributed by atoms with E-state index in [1.165, 1.54) is 89.9 Å². The first-order valence-electron chi connectivity index (χ1n) is 24.8. The van der Waals surface area contributed by atoms with Crippen molar-refractivity contribution in [2.24, 2.45) is 0 Å². The molecule has 1 amide bonds. The standard InChI is InChI=1S/C54H93NO5/c1-4-7-10-13-16-19-21-23-25-26-28-30-32-35-38-41-44-47-54(59)60-50(45-42-39-36-34-31-29-27-24-22-20-17-14-11-8-5-2)48-53(58)55-51(49-56)52(57)46-43-40-37-33-18-15-12-9-6-3/h16-17,19-20,23-25,27-28,30-31,34-35,38,50-52,56-57H,4-15,18,21-22,26,29,32-33,36-37,39-49H2,1-3H3,(H,55,58)/b19-16-,20-17-,25-23-,27-24-,30-28-,34-31-,38-35-. The average molecular weight is 836 g/mol. The van der Waals surface area contributed by atoms with Gasteiger partial charge in [0.1, 0.15) is 6.10 Å². The molecule has 3 unspecified atom stereocenters. The van der Waals surface area contributed by atoms with Crippen molar-refractivity contribution in [3.8, 4) is 0 Å². The Morgan fingerprint density at radius 2 is 0.850 bits per heavy atom. The van der Waals surface area contributed by atoms with Gasteiger partial charge in [-0.15, -0.1) is 0 Å². The van der Waals surface area contributed by atoms with Crippen molar-refractivity contribution in [1.82, 2.24) is 5.32 Å². The number of allylic oxidation sites excluding steroid dienone is 14. The quantitative estimate of drug-likeness (QED) is 0.0323. The summed E-state index contributed by atoms with van der Waals surface area (Å²) in [4.78, 5) is 26.1. The lowest BCUT2D eigenvalue weighted by Gasteiger charge is -2.24. The van der Waals surface area contributed by atoms with Crippen molar-refractivity contribution in [1.29, 1.82) is 0 Å². The molecule has 0 heterocycles. The summed E-state index contributed by atoms with van der Waals surface area (Å²) in [6.45, 7) is 6.37. The lowest BCUT2D eigenvalue weighted by molar-refractivity contribution is -0.151. The molecule has 0 aromatic carbocycles. The van der Waals surface area contributed by atoms with Gasteiger partial charge in [-0.1, -0.05) is 189 Å². The van der Waals surface area contributed by atoms with E-state index in [0.717, 1.165) is 77.0 Å². The van der Waals surface area contributed by atoms with Crippen LogP contribution in [0.3, 0.4) is 0 Å². The van der Waals surface area contributed by atoms with Crippen LogP contribution in [-0.4, -0.2) is 46.9 Å². The first kappa shape index (κ1) is 57.0. The lowest BCUT2D eigenvalue weighted by atomic mass is 10.0. The van der Waals surface area contributed by atoms with E-state index in [9.17, 15) is 19.8 Å². The number of ether oxygens (including phenoxy) is 1. The second-order valence-electron chi connectivity index (χ2n) is 16.5. The molecule has 0 radical (unpaired) electrons. The summed E-state index contributed by atoms with van der Waals surface area (Å²) in [6.07, 6.45) is 60.7. The van der Waals surface area contributed by atoms with Gasteiger partial charge in [0.25, 0.3) is 0 Å².